The SMILES string of the molecule is Nc1c(C(F)F)cc(=O)[nH]c1C=O. The van der Waals surface area contributed by atoms with Gasteiger partial charge >= 0.3 is 0 Å². The van der Waals surface area contributed by atoms with Gasteiger partial charge in [-0.15, -0.1) is 0 Å². The Morgan fingerprint density at radius 1 is 1.54 bits per heavy atom. The van der Waals surface area contributed by atoms with Gasteiger partial charge in [-0.1, -0.05) is 0 Å². The molecular weight excluding hydrogens is 182 g/mol. The van der Waals surface area contributed by atoms with Crippen LogP contribution in [0.25, 0.3) is 0 Å². The van der Waals surface area contributed by atoms with E-state index in [-0.39, 0.29) is 17.7 Å². The predicted octanol–water partition coefficient (Wildman–Crippen LogP) is 0.707. The zero-order valence-corrected chi connectivity index (χ0v) is 6.38. The van der Waals surface area contributed by atoms with E-state index in [4.69, 9.17) is 5.73 Å². The van der Waals surface area contributed by atoms with E-state index in [0.717, 1.165) is 0 Å². The second-order valence-electron chi connectivity index (χ2n) is 2.33. The Kier molecular flexibility index (Phi) is 2.41. The molecule has 6 heteroatoms. The van der Waals surface area contributed by atoms with Crippen LogP contribution in [-0.4, -0.2) is 11.3 Å². The number of H-pyrrole nitrogens is 1. The Morgan fingerprint density at radius 2 is 2.15 bits per heavy atom. The molecule has 0 aliphatic heterocycles. The maximum absolute atomic E-state index is 12.2. The molecule has 1 rings (SSSR count). The molecule has 4 nitrogen and oxygen atoms in total. The molecule has 1 aromatic heterocycles. The number of rotatable bonds is 2. The van der Waals surface area contributed by atoms with Crippen molar-refractivity contribution in [3.63, 3.8) is 0 Å². The zero-order valence-electron chi connectivity index (χ0n) is 6.38. The molecule has 0 atom stereocenters. The van der Waals surface area contributed by atoms with Crippen LogP contribution in [0.4, 0.5) is 14.5 Å². The highest BCUT2D eigenvalue weighted by molar-refractivity contribution is 5.81. The van der Waals surface area contributed by atoms with Gasteiger partial charge in [0.2, 0.25) is 5.56 Å². The first-order chi connectivity index (χ1) is 6.06. The molecule has 0 saturated heterocycles. The lowest BCUT2D eigenvalue weighted by atomic mass is 10.2. The lowest BCUT2D eigenvalue weighted by molar-refractivity contribution is 0.111. The van der Waals surface area contributed by atoms with Gasteiger partial charge < -0.3 is 10.7 Å². The Balaban J connectivity index is 3.44. The van der Waals surface area contributed by atoms with Crippen LogP contribution in [0.1, 0.15) is 22.5 Å². The van der Waals surface area contributed by atoms with Crippen molar-refractivity contribution in [1.82, 2.24) is 4.98 Å². The van der Waals surface area contributed by atoms with E-state index in [0.29, 0.717) is 6.07 Å². The number of aldehydes is 1. The van der Waals surface area contributed by atoms with Gasteiger partial charge in [0.05, 0.1) is 5.69 Å². The van der Waals surface area contributed by atoms with Gasteiger partial charge in [0, 0.05) is 11.6 Å². The molecule has 3 N–H and O–H groups in total. The first kappa shape index (κ1) is 9.37. The number of pyridine rings is 1. The molecule has 0 bridgehead atoms. The summed E-state index contributed by atoms with van der Waals surface area (Å²) in [5, 5.41) is 0. The number of halogens is 2. The standard InChI is InChI=1S/C7H6F2N2O2/c8-7(9)3-1-5(13)11-4(2-12)6(3)10/h1-2,7H,10H2,(H,11,13). The minimum Gasteiger partial charge on any atom is -0.397 e. The van der Waals surface area contributed by atoms with Gasteiger partial charge in [0.25, 0.3) is 6.43 Å². The van der Waals surface area contributed by atoms with Crippen LogP contribution >= 0.6 is 0 Å². The van der Waals surface area contributed by atoms with E-state index in [2.05, 4.69) is 0 Å². The second kappa shape index (κ2) is 3.34. The molecule has 13 heavy (non-hydrogen) atoms. The zero-order chi connectivity index (χ0) is 10.0. The van der Waals surface area contributed by atoms with E-state index in [1.54, 1.807) is 0 Å². The highest BCUT2D eigenvalue weighted by atomic mass is 19.3. The van der Waals surface area contributed by atoms with Gasteiger partial charge in [-0.3, -0.25) is 9.59 Å². The first-order valence-electron chi connectivity index (χ1n) is 3.32. The average Bonchev–Trinajstić information content (AvgIpc) is 2.08. The van der Waals surface area contributed by atoms with Crippen LogP contribution in [0.3, 0.4) is 0 Å². The van der Waals surface area contributed by atoms with Crippen molar-refractivity contribution < 1.29 is 13.6 Å². The molecule has 0 aliphatic carbocycles. The van der Waals surface area contributed by atoms with Crippen LogP contribution in [0.15, 0.2) is 10.9 Å². The Labute approximate surface area is 71.4 Å². The van der Waals surface area contributed by atoms with E-state index >= 15 is 0 Å². The Bertz CT molecular complexity index is 387. The van der Waals surface area contributed by atoms with Crippen molar-refractivity contribution in [3.8, 4) is 0 Å². The first-order valence-corrected chi connectivity index (χ1v) is 3.32. The fourth-order valence-electron chi connectivity index (χ4n) is 0.884. The molecule has 1 aromatic rings. The molecule has 0 aliphatic rings. The largest absolute Gasteiger partial charge is 0.397 e. The summed E-state index contributed by atoms with van der Waals surface area (Å²) in [5.41, 5.74) is 3.09. The van der Waals surface area contributed by atoms with Crippen molar-refractivity contribution in [2.24, 2.45) is 0 Å². The van der Waals surface area contributed by atoms with Crippen LogP contribution in [0.2, 0.25) is 0 Å². The van der Waals surface area contributed by atoms with Crippen LogP contribution in [0.5, 0.6) is 0 Å². The van der Waals surface area contributed by atoms with Gasteiger partial charge in [-0.05, 0) is 0 Å². The number of carbonyl (C=O) groups is 1. The summed E-state index contributed by atoms with van der Waals surface area (Å²) in [6.07, 6.45) is -2.64. The van der Waals surface area contributed by atoms with Crippen LogP contribution < -0.4 is 11.3 Å². The molecule has 0 unspecified atom stereocenters. The number of anilines is 1. The molecule has 0 radical (unpaired) electrons. The molecular formula is C7H6F2N2O2. The molecule has 0 saturated carbocycles. The number of aromatic amines is 1. The summed E-state index contributed by atoms with van der Waals surface area (Å²) < 4.78 is 24.4. The van der Waals surface area contributed by atoms with Crippen molar-refractivity contribution in [3.05, 3.63) is 27.7 Å². The monoisotopic (exact) mass is 188 g/mol. The third kappa shape index (κ3) is 1.71. The molecule has 0 fully saturated rings. The quantitative estimate of drug-likeness (QED) is 0.671. The summed E-state index contributed by atoms with van der Waals surface area (Å²) in [7, 11) is 0. The molecule has 0 spiro atoms. The molecule has 0 amide bonds. The number of carbonyl (C=O) groups excluding carboxylic acids is 1. The van der Waals surface area contributed by atoms with Crippen molar-refractivity contribution >= 4 is 12.0 Å². The van der Waals surface area contributed by atoms with Crippen molar-refractivity contribution in [2.75, 3.05) is 5.73 Å². The lowest BCUT2D eigenvalue weighted by Crippen LogP contribution is -2.13. The molecule has 1 heterocycles. The Morgan fingerprint density at radius 3 is 2.62 bits per heavy atom. The summed E-state index contributed by atoms with van der Waals surface area (Å²) in [6.45, 7) is 0. The maximum atomic E-state index is 12.2. The van der Waals surface area contributed by atoms with Crippen LogP contribution in [-0.2, 0) is 0 Å². The second-order valence-corrected chi connectivity index (χ2v) is 2.33. The molecule has 0 aromatic carbocycles. The number of hydrogen-bond acceptors (Lipinski definition) is 3. The van der Waals surface area contributed by atoms with E-state index in [9.17, 15) is 18.4 Å². The van der Waals surface area contributed by atoms with E-state index in [1.807, 2.05) is 4.98 Å². The topological polar surface area (TPSA) is 76.0 Å². The number of nitrogen functional groups attached to an aromatic ring is 1. The van der Waals surface area contributed by atoms with Crippen molar-refractivity contribution in [2.45, 2.75) is 6.43 Å². The summed E-state index contributed by atoms with van der Waals surface area (Å²) in [6, 6.07) is 0.674. The third-order valence-electron chi connectivity index (χ3n) is 1.50. The summed E-state index contributed by atoms with van der Waals surface area (Å²) in [4.78, 5) is 23.0. The normalized spacial score (nSPS) is 10.4. The van der Waals surface area contributed by atoms with Gasteiger partial charge in [0.15, 0.2) is 6.29 Å². The Hall–Kier alpha value is -1.72. The maximum Gasteiger partial charge on any atom is 0.266 e. The lowest BCUT2D eigenvalue weighted by Gasteiger charge is -2.04. The van der Waals surface area contributed by atoms with Crippen LogP contribution in [0, 0.1) is 0 Å². The smallest absolute Gasteiger partial charge is 0.266 e. The number of nitrogens with one attached hydrogen (secondary N) is 1. The third-order valence-corrected chi connectivity index (χ3v) is 1.50. The number of hydrogen-bond donors (Lipinski definition) is 2. The fourth-order valence-corrected chi connectivity index (χ4v) is 0.884. The molecule has 70 valence electrons. The van der Waals surface area contributed by atoms with Crippen molar-refractivity contribution in [1.29, 1.82) is 0 Å². The number of nitrogens with two attached hydrogens (primary N) is 1. The summed E-state index contributed by atoms with van der Waals surface area (Å²) in [5.74, 6) is 0. The minimum absolute atomic E-state index is 0.225. The van der Waals surface area contributed by atoms with Gasteiger partial charge in [-0.25, -0.2) is 8.78 Å². The van der Waals surface area contributed by atoms with Gasteiger partial charge in [0.1, 0.15) is 5.69 Å². The van der Waals surface area contributed by atoms with E-state index in [1.165, 1.54) is 0 Å². The van der Waals surface area contributed by atoms with Gasteiger partial charge in [-0.2, -0.15) is 0 Å². The average molecular weight is 188 g/mol. The highest BCUT2D eigenvalue weighted by Gasteiger charge is 2.15. The summed E-state index contributed by atoms with van der Waals surface area (Å²) >= 11 is 0. The number of aromatic nitrogens is 1. The number of alkyl halides is 2. The predicted molar refractivity (Wildman–Crippen MR) is 41.8 cm³/mol. The fraction of sp³-hybridized carbons (Fsp3) is 0.143. The minimum atomic E-state index is -2.86. The van der Waals surface area contributed by atoms with E-state index < -0.39 is 17.5 Å². The highest BCUT2D eigenvalue weighted by Crippen LogP contribution is 2.23.